The van der Waals surface area contributed by atoms with Crippen molar-refractivity contribution in [1.82, 2.24) is 5.32 Å². The van der Waals surface area contributed by atoms with Crippen LogP contribution in [0.3, 0.4) is 0 Å². The number of benzene rings is 1. The first-order valence-electron chi connectivity index (χ1n) is 6.13. The molecule has 0 fully saturated rings. The molecule has 0 saturated heterocycles. The number of nitrogens with one attached hydrogen (secondary N) is 1. The van der Waals surface area contributed by atoms with Gasteiger partial charge in [-0.15, -0.1) is 11.8 Å². The second-order valence-corrected chi connectivity index (χ2v) is 4.24. The molecule has 0 aliphatic rings. The molecule has 0 bridgehead atoms. The molecular formula is C15H21NO. The minimum atomic E-state index is 0.332. The largest absolute Gasteiger partial charge is 0.508 e. The van der Waals surface area contributed by atoms with Gasteiger partial charge in [-0.1, -0.05) is 12.1 Å². The van der Waals surface area contributed by atoms with Gasteiger partial charge in [0.05, 0.1) is 0 Å². The first-order valence-corrected chi connectivity index (χ1v) is 6.13. The highest BCUT2D eigenvalue weighted by atomic mass is 16.3. The Kier molecular flexibility index (Phi) is 6.21. The van der Waals surface area contributed by atoms with E-state index in [0.717, 1.165) is 25.8 Å². The van der Waals surface area contributed by atoms with Crippen molar-refractivity contribution < 1.29 is 5.11 Å². The highest BCUT2D eigenvalue weighted by Gasteiger charge is 2.01. The summed E-state index contributed by atoms with van der Waals surface area (Å²) in [5.41, 5.74) is 1.27. The van der Waals surface area contributed by atoms with Crippen LogP contribution < -0.4 is 5.32 Å². The fourth-order valence-electron chi connectivity index (χ4n) is 1.65. The summed E-state index contributed by atoms with van der Waals surface area (Å²) in [4.78, 5) is 0. The van der Waals surface area contributed by atoms with E-state index < -0.39 is 0 Å². The van der Waals surface area contributed by atoms with Crippen molar-refractivity contribution in [2.24, 2.45) is 0 Å². The fraction of sp³-hybridized carbons (Fsp3) is 0.467. The average molecular weight is 231 g/mol. The maximum Gasteiger partial charge on any atom is 0.115 e. The van der Waals surface area contributed by atoms with Crippen LogP contribution in [0.25, 0.3) is 0 Å². The van der Waals surface area contributed by atoms with Crippen LogP contribution in [-0.2, 0) is 6.42 Å². The average Bonchev–Trinajstić information content (AvgIpc) is 2.34. The van der Waals surface area contributed by atoms with Gasteiger partial charge in [0.2, 0.25) is 0 Å². The van der Waals surface area contributed by atoms with Crippen molar-refractivity contribution in [3.63, 3.8) is 0 Å². The maximum absolute atomic E-state index is 9.18. The first kappa shape index (κ1) is 13.6. The molecule has 0 heterocycles. The molecule has 92 valence electrons. The summed E-state index contributed by atoms with van der Waals surface area (Å²) in [6, 6.07) is 7.94. The minimum absolute atomic E-state index is 0.332. The Morgan fingerprint density at radius 2 is 2.00 bits per heavy atom. The smallest absolute Gasteiger partial charge is 0.115 e. The predicted molar refractivity (Wildman–Crippen MR) is 72.0 cm³/mol. The molecule has 0 radical (unpaired) electrons. The topological polar surface area (TPSA) is 32.3 Å². The van der Waals surface area contributed by atoms with Gasteiger partial charge in [-0.05, 0) is 44.4 Å². The number of phenolic OH excluding ortho intramolecular Hbond substituents is 1. The molecule has 1 atom stereocenters. The third-order valence-electron chi connectivity index (χ3n) is 2.72. The number of aromatic hydroxyl groups is 1. The summed E-state index contributed by atoms with van der Waals surface area (Å²) in [6.07, 6.45) is 3.05. The van der Waals surface area contributed by atoms with E-state index in [0.29, 0.717) is 11.8 Å². The number of rotatable bonds is 6. The van der Waals surface area contributed by atoms with Crippen LogP contribution in [0, 0.1) is 11.8 Å². The van der Waals surface area contributed by atoms with E-state index in [1.807, 2.05) is 19.1 Å². The van der Waals surface area contributed by atoms with E-state index in [1.54, 1.807) is 12.1 Å². The van der Waals surface area contributed by atoms with E-state index in [4.69, 9.17) is 0 Å². The number of hydrogen-bond donors (Lipinski definition) is 2. The van der Waals surface area contributed by atoms with Gasteiger partial charge in [0.15, 0.2) is 0 Å². The molecule has 1 aromatic carbocycles. The summed E-state index contributed by atoms with van der Waals surface area (Å²) in [5.74, 6) is 6.27. The number of phenols is 1. The van der Waals surface area contributed by atoms with E-state index >= 15 is 0 Å². The lowest BCUT2D eigenvalue weighted by atomic mass is 10.1. The van der Waals surface area contributed by atoms with Crippen LogP contribution >= 0.6 is 0 Å². The highest BCUT2D eigenvalue weighted by molar-refractivity contribution is 5.25. The zero-order valence-electron chi connectivity index (χ0n) is 10.7. The van der Waals surface area contributed by atoms with Crippen molar-refractivity contribution in [1.29, 1.82) is 0 Å². The molecule has 0 aliphatic heterocycles. The molecule has 17 heavy (non-hydrogen) atoms. The van der Waals surface area contributed by atoms with Gasteiger partial charge in [-0.2, -0.15) is 0 Å². The second-order valence-electron chi connectivity index (χ2n) is 4.24. The molecule has 1 aromatic rings. The van der Waals surface area contributed by atoms with Crippen molar-refractivity contribution in [3.05, 3.63) is 29.8 Å². The van der Waals surface area contributed by atoms with Crippen LogP contribution in [0.1, 0.15) is 32.3 Å². The normalized spacial score (nSPS) is 11.6. The zero-order chi connectivity index (χ0) is 12.5. The summed E-state index contributed by atoms with van der Waals surface area (Å²) in [5, 5.41) is 12.6. The van der Waals surface area contributed by atoms with Gasteiger partial charge < -0.3 is 10.4 Å². The Hall–Kier alpha value is -1.46. The standard InChI is InChI=1S/C15H21NO/c1-3-4-5-12-16-13(2)6-7-14-8-10-15(17)11-9-14/h8-11,13,16-17H,5-7,12H2,1-2H3. The van der Waals surface area contributed by atoms with Crippen LogP contribution in [0.4, 0.5) is 0 Å². The van der Waals surface area contributed by atoms with Crippen molar-refractivity contribution in [2.75, 3.05) is 6.54 Å². The molecule has 1 rings (SSSR count). The lowest BCUT2D eigenvalue weighted by Gasteiger charge is -2.12. The van der Waals surface area contributed by atoms with Crippen LogP contribution in [0.2, 0.25) is 0 Å². The van der Waals surface area contributed by atoms with Crippen LogP contribution in [-0.4, -0.2) is 17.7 Å². The zero-order valence-corrected chi connectivity index (χ0v) is 10.7. The van der Waals surface area contributed by atoms with Crippen molar-refractivity contribution >= 4 is 0 Å². The molecule has 1 unspecified atom stereocenters. The molecule has 0 amide bonds. The molecule has 0 spiro atoms. The summed E-state index contributed by atoms with van der Waals surface area (Å²) >= 11 is 0. The molecule has 2 N–H and O–H groups in total. The molecule has 2 nitrogen and oxygen atoms in total. The monoisotopic (exact) mass is 231 g/mol. The second kappa shape index (κ2) is 7.76. The number of aryl methyl sites for hydroxylation is 1. The van der Waals surface area contributed by atoms with Crippen molar-refractivity contribution in [2.45, 2.75) is 39.2 Å². The molecule has 0 aliphatic carbocycles. The predicted octanol–water partition coefficient (Wildman–Crippen LogP) is 2.72. The Balaban J connectivity index is 2.20. The third-order valence-corrected chi connectivity index (χ3v) is 2.72. The molecule has 0 aromatic heterocycles. The molecule has 0 saturated carbocycles. The number of hydrogen-bond acceptors (Lipinski definition) is 2. The Morgan fingerprint density at radius 1 is 1.29 bits per heavy atom. The third kappa shape index (κ3) is 5.99. The maximum atomic E-state index is 9.18. The van der Waals surface area contributed by atoms with Gasteiger partial charge in [-0.3, -0.25) is 0 Å². The Labute approximate surface area is 104 Å². The van der Waals surface area contributed by atoms with Gasteiger partial charge in [0, 0.05) is 19.0 Å². The van der Waals surface area contributed by atoms with E-state index in [2.05, 4.69) is 24.1 Å². The lowest BCUT2D eigenvalue weighted by molar-refractivity contribution is 0.474. The summed E-state index contributed by atoms with van der Waals surface area (Å²) < 4.78 is 0. The first-order chi connectivity index (χ1) is 8.22. The van der Waals surface area contributed by atoms with Gasteiger partial charge in [-0.25, -0.2) is 0 Å². The van der Waals surface area contributed by atoms with E-state index in [-0.39, 0.29) is 0 Å². The van der Waals surface area contributed by atoms with Gasteiger partial charge in [0.25, 0.3) is 0 Å². The van der Waals surface area contributed by atoms with E-state index in [1.165, 1.54) is 5.56 Å². The molecule has 2 heteroatoms. The summed E-state index contributed by atoms with van der Waals surface area (Å²) in [7, 11) is 0. The van der Waals surface area contributed by atoms with Crippen LogP contribution in [0.15, 0.2) is 24.3 Å². The van der Waals surface area contributed by atoms with Crippen LogP contribution in [0.5, 0.6) is 5.75 Å². The quantitative estimate of drug-likeness (QED) is 0.583. The highest BCUT2D eigenvalue weighted by Crippen LogP contribution is 2.11. The Bertz CT molecular complexity index is 372. The lowest BCUT2D eigenvalue weighted by Crippen LogP contribution is -2.27. The minimum Gasteiger partial charge on any atom is -0.508 e. The fourth-order valence-corrected chi connectivity index (χ4v) is 1.65. The van der Waals surface area contributed by atoms with Gasteiger partial charge >= 0.3 is 0 Å². The molecular weight excluding hydrogens is 210 g/mol. The Morgan fingerprint density at radius 3 is 2.65 bits per heavy atom. The van der Waals surface area contributed by atoms with Gasteiger partial charge in [0.1, 0.15) is 5.75 Å². The SMILES string of the molecule is CC#CCCNC(C)CCc1ccc(O)cc1. The van der Waals surface area contributed by atoms with Crippen molar-refractivity contribution in [3.8, 4) is 17.6 Å². The van der Waals surface area contributed by atoms with E-state index in [9.17, 15) is 5.11 Å². The summed E-state index contributed by atoms with van der Waals surface area (Å²) in [6.45, 7) is 5.02.